The SMILES string of the molecule is OC(CCC1CCCCC1)c1cccnc1. The van der Waals surface area contributed by atoms with Gasteiger partial charge in [0, 0.05) is 12.4 Å². The zero-order chi connectivity index (χ0) is 11.2. The van der Waals surface area contributed by atoms with Crippen molar-refractivity contribution in [1.29, 1.82) is 0 Å². The maximum atomic E-state index is 10.0. The molecule has 16 heavy (non-hydrogen) atoms. The molecule has 2 nitrogen and oxygen atoms in total. The van der Waals surface area contributed by atoms with Crippen LogP contribution in [0.4, 0.5) is 0 Å². The molecule has 1 heterocycles. The first kappa shape index (κ1) is 11.6. The maximum absolute atomic E-state index is 10.0. The van der Waals surface area contributed by atoms with Crippen LogP contribution in [-0.4, -0.2) is 10.1 Å². The first-order chi connectivity index (χ1) is 7.86. The molecule has 88 valence electrons. The van der Waals surface area contributed by atoms with E-state index in [4.69, 9.17) is 0 Å². The molecular formula is C14H21NO. The van der Waals surface area contributed by atoms with Crippen molar-refractivity contribution in [2.45, 2.75) is 51.0 Å². The van der Waals surface area contributed by atoms with Gasteiger partial charge in [0.2, 0.25) is 0 Å². The van der Waals surface area contributed by atoms with Gasteiger partial charge in [0.25, 0.3) is 0 Å². The summed E-state index contributed by atoms with van der Waals surface area (Å²) in [5, 5.41) is 10.0. The summed E-state index contributed by atoms with van der Waals surface area (Å²) < 4.78 is 0. The number of aliphatic hydroxyl groups excluding tert-OH is 1. The van der Waals surface area contributed by atoms with Crippen LogP contribution in [0.5, 0.6) is 0 Å². The number of aliphatic hydroxyl groups is 1. The van der Waals surface area contributed by atoms with E-state index in [1.165, 1.54) is 32.1 Å². The van der Waals surface area contributed by atoms with Crippen LogP contribution >= 0.6 is 0 Å². The van der Waals surface area contributed by atoms with Crippen molar-refractivity contribution in [2.24, 2.45) is 5.92 Å². The first-order valence-corrected chi connectivity index (χ1v) is 6.44. The van der Waals surface area contributed by atoms with E-state index in [1.54, 1.807) is 12.4 Å². The Morgan fingerprint density at radius 1 is 1.31 bits per heavy atom. The number of rotatable bonds is 4. The summed E-state index contributed by atoms with van der Waals surface area (Å²) in [6, 6.07) is 3.84. The number of pyridine rings is 1. The van der Waals surface area contributed by atoms with E-state index >= 15 is 0 Å². The van der Waals surface area contributed by atoms with E-state index in [2.05, 4.69) is 4.98 Å². The van der Waals surface area contributed by atoms with Crippen LogP contribution in [0.1, 0.15) is 56.6 Å². The first-order valence-electron chi connectivity index (χ1n) is 6.44. The fourth-order valence-corrected chi connectivity index (χ4v) is 2.61. The Morgan fingerprint density at radius 2 is 2.12 bits per heavy atom. The van der Waals surface area contributed by atoms with E-state index in [1.807, 2.05) is 12.1 Å². The van der Waals surface area contributed by atoms with Crippen LogP contribution in [-0.2, 0) is 0 Å². The average Bonchev–Trinajstić information content (AvgIpc) is 2.38. The lowest BCUT2D eigenvalue weighted by molar-refractivity contribution is 0.151. The van der Waals surface area contributed by atoms with Crippen LogP contribution in [0.2, 0.25) is 0 Å². The second-order valence-corrected chi connectivity index (χ2v) is 4.88. The van der Waals surface area contributed by atoms with Gasteiger partial charge in [0.15, 0.2) is 0 Å². The largest absolute Gasteiger partial charge is 0.388 e. The fourth-order valence-electron chi connectivity index (χ4n) is 2.61. The second kappa shape index (κ2) is 6.00. The summed E-state index contributed by atoms with van der Waals surface area (Å²) in [7, 11) is 0. The summed E-state index contributed by atoms with van der Waals surface area (Å²) in [5.41, 5.74) is 0.957. The lowest BCUT2D eigenvalue weighted by Crippen LogP contribution is -2.08. The van der Waals surface area contributed by atoms with Crippen LogP contribution < -0.4 is 0 Å². The molecule has 0 saturated heterocycles. The maximum Gasteiger partial charge on any atom is 0.0805 e. The lowest BCUT2D eigenvalue weighted by Gasteiger charge is -2.22. The molecule has 1 unspecified atom stereocenters. The highest BCUT2D eigenvalue weighted by Crippen LogP contribution is 2.30. The second-order valence-electron chi connectivity index (χ2n) is 4.88. The summed E-state index contributed by atoms with van der Waals surface area (Å²) in [6.07, 6.45) is 12.1. The number of hydrogen-bond donors (Lipinski definition) is 1. The molecule has 0 aromatic carbocycles. The molecule has 1 aliphatic carbocycles. The highest BCUT2D eigenvalue weighted by molar-refractivity contribution is 5.11. The van der Waals surface area contributed by atoms with Crippen LogP contribution in [0.25, 0.3) is 0 Å². The Hall–Kier alpha value is -0.890. The average molecular weight is 219 g/mol. The van der Waals surface area contributed by atoms with E-state index in [0.29, 0.717) is 0 Å². The summed E-state index contributed by atoms with van der Waals surface area (Å²) >= 11 is 0. The minimum absolute atomic E-state index is 0.323. The van der Waals surface area contributed by atoms with Crippen molar-refractivity contribution in [3.8, 4) is 0 Å². The van der Waals surface area contributed by atoms with Crippen LogP contribution in [0.3, 0.4) is 0 Å². The molecule has 0 spiro atoms. The van der Waals surface area contributed by atoms with Gasteiger partial charge in [-0.15, -0.1) is 0 Å². The zero-order valence-corrected chi connectivity index (χ0v) is 9.81. The molecule has 1 aromatic rings. The molecule has 1 fully saturated rings. The number of aromatic nitrogens is 1. The van der Waals surface area contributed by atoms with E-state index in [0.717, 1.165) is 24.3 Å². The van der Waals surface area contributed by atoms with Gasteiger partial charge in [-0.25, -0.2) is 0 Å². The normalized spacial score (nSPS) is 19.6. The van der Waals surface area contributed by atoms with Crippen molar-refractivity contribution in [2.75, 3.05) is 0 Å². The minimum Gasteiger partial charge on any atom is -0.388 e. The Morgan fingerprint density at radius 3 is 2.81 bits per heavy atom. The number of nitrogens with zero attached hydrogens (tertiary/aromatic N) is 1. The molecule has 0 radical (unpaired) electrons. The van der Waals surface area contributed by atoms with Crippen molar-refractivity contribution in [1.82, 2.24) is 4.98 Å². The standard InChI is InChI=1S/C14H21NO/c16-14(13-7-4-10-15-11-13)9-8-12-5-2-1-3-6-12/h4,7,10-12,14,16H,1-3,5-6,8-9H2. The fraction of sp³-hybridized carbons (Fsp3) is 0.643. The summed E-state index contributed by atoms with van der Waals surface area (Å²) in [4.78, 5) is 4.04. The highest BCUT2D eigenvalue weighted by atomic mass is 16.3. The van der Waals surface area contributed by atoms with Crippen LogP contribution in [0, 0.1) is 5.92 Å². The molecule has 2 heteroatoms. The smallest absolute Gasteiger partial charge is 0.0805 e. The van der Waals surface area contributed by atoms with Gasteiger partial charge in [-0.2, -0.15) is 0 Å². The molecule has 2 rings (SSSR count). The molecule has 0 bridgehead atoms. The van der Waals surface area contributed by atoms with Crippen molar-refractivity contribution in [3.05, 3.63) is 30.1 Å². The van der Waals surface area contributed by atoms with Gasteiger partial charge in [-0.1, -0.05) is 38.2 Å². The Bertz CT molecular complexity index is 293. The lowest BCUT2D eigenvalue weighted by atomic mass is 9.85. The van der Waals surface area contributed by atoms with E-state index < -0.39 is 0 Å². The zero-order valence-electron chi connectivity index (χ0n) is 9.81. The monoisotopic (exact) mass is 219 g/mol. The van der Waals surface area contributed by atoms with Gasteiger partial charge < -0.3 is 5.11 Å². The van der Waals surface area contributed by atoms with Crippen molar-refractivity contribution >= 4 is 0 Å². The Balaban J connectivity index is 1.77. The Kier molecular flexibility index (Phi) is 4.34. The van der Waals surface area contributed by atoms with Gasteiger partial charge in [-0.3, -0.25) is 4.98 Å². The third kappa shape index (κ3) is 3.31. The molecule has 1 aliphatic rings. The quantitative estimate of drug-likeness (QED) is 0.841. The summed E-state index contributed by atoms with van der Waals surface area (Å²) in [5.74, 6) is 0.847. The molecule has 0 aliphatic heterocycles. The third-order valence-electron chi connectivity index (χ3n) is 3.64. The van der Waals surface area contributed by atoms with Crippen molar-refractivity contribution < 1.29 is 5.11 Å². The highest BCUT2D eigenvalue weighted by Gasteiger charge is 2.15. The van der Waals surface area contributed by atoms with Crippen molar-refractivity contribution in [3.63, 3.8) is 0 Å². The molecule has 1 atom stereocenters. The van der Waals surface area contributed by atoms with Gasteiger partial charge in [0.05, 0.1) is 6.10 Å². The van der Waals surface area contributed by atoms with Crippen LogP contribution in [0.15, 0.2) is 24.5 Å². The number of hydrogen-bond acceptors (Lipinski definition) is 2. The van der Waals surface area contributed by atoms with E-state index in [9.17, 15) is 5.11 Å². The van der Waals surface area contributed by atoms with E-state index in [-0.39, 0.29) is 6.10 Å². The van der Waals surface area contributed by atoms with Gasteiger partial charge in [-0.05, 0) is 30.4 Å². The van der Waals surface area contributed by atoms with Gasteiger partial charge in [0.1, 0.15) is 0 Å². The predicted octanol–water partition coefficient (Wildman–Crippen LogP) is 3.48. The molecule has 1 aromatic heterocycles. The molecule has 0 amide bonds. The molecular weight excluding hydrogens is 198 g/mol. The third-order valence-corrected chi connectivity index (χ3v) is 3.64. The Labute approximate surface area is 97.7 Å². The topological polar surface area (TPSA) is 33.1 Å². The van der Waals surface area contributed by atoms with Gasteiger partial charge >= 0.3 is 0 Å². The predicted molar refractivity (Wildman–Crippen MR) is 65.0 cm³/mol. The molecule has 1 N–H and O–H groups in total. The minimum atomic E-state index is -0.323. The molecule has 1 saturated carbocycles. The summed E-state index contributed by atoms with van der Waals surface area (Å²) in [6.45, 7) is 0.